The molecule has 0 spiro atoms. The second kappa shape index (κ2) is 6.10. The predicted octanol–water partition coefficient (Wildman–Crippen LogP) is 3.76. The van der Waals surface area contributed by atoms with Crippen LogP contribution < -0.4 is 5.32 Å². The van der Waals surface area contributed by atoms with Gasteiger partial charge >= 0.3 is 0 Å². The zero-order chi connectivity index (χ0) is 15.5. The van der Waals surface area contributed by atoms with Crippen LogP contribution in [0.5, 0.6) is 0 Å². The molecule has 0 radical (unpaired) electrons. The average Bonchev–Trinajstić information content (AvgIpc) is 3.14. The number of fused-ring (bicyclic) bond motifs is 1. The summed E-state index contributed by atoms with van der Waals surface area (Å²) in [5, 5.41) is 7.35. The Morgan fingerprint density at radius 3 is 2.65 bits per heavy atom. The lowest BCUT2D eigenvalue weighted by Crippen LogP contribution is -2.04. The Bertz CT molecular complexity index is 922. The van der Waals surface area contributed by atoms with Gasteiger partial charge in [0.25, 0.3) is 0 Å². The fraction of sp³-hybridized carbons (Fsp3) is 0.0588. The van der Waals surface area contributed by atoms with Crippen LogP contribution in [-0.4, -0.2) is 19.9 Å². The van der Waals surface area contributed by atoms with Crippen molar-refractivity contribution in [3.8, 4) is 11.5 Å². The summed E-state index contributed by atoms with van der Waals surface area (Å²) in [4.78, 5) is 17.9. The first-order valence-corrected chi connectivity index (χ1v) is 8.08. The van der Waals surface area contributed by atoms with Gasteiger partial charge in [-0.15, -0.1) is 11.3 Å². The van der Waals surface area contributed by atoms with Gasteiger partial charge in [0, 0.05) is 23.2 Å². The summed E-state index contributed by atoms with van der Waals surface area (Å²) >= 11 is 1.62. The smallest absolute Gasteiger partial charge is 0.180 e. The van der Waals surface area contributed by atoms with Crippen molar-refractivity contribution in [3.63, 3.8) is 0 Å². The summed E-state index contributed by atoms with van der Waals surface area (Å²) in [5.41, 5.74) is 1.65. The molecule has 0 aliphatic carbocycles. The Morgan fingerprint density at radius 1 is 0.913 bits per heavy atom. The first-order valence-electron chi connectivity index (χ1n) is 7.20. The molecule has 4 aromatic rings. The van der Waals surface area contributed by atoms with E-state index in [2.05, 4.69) is 25.3 Å². The van der Waals surface area contributed by atoms with Gasteiger partial charge in [-0.25, -0.2) is 15.0 Å². The lowest BCUT2D eigenvalue weighted by atomic mass is 10.2. The van der Waals surface area contributed by atoms with Gasteiger partial charge in [0.05, 0.1) is 12.1 Å². The summed E-state index contributed by atoms with van der Waals surface area (Å²) in [6, 6.07) is 13.7. The summed E-state index contributed by atoms with van der Waals surface area (Å²) in [5.74, 6) is 1.41. The number of nitrogens with zero attached hydrogens (tertiary/aromatic N) is 4. The quantitative estimate of drug-likeness (QED) is 0.620. The minimum absolute atomic E-state index is 0.617. The van der Waals surface area contributed by atoms with Crippen LogP contribution in [0.15, 0.2) is 60.2 Å². The van der Waals surface area contributed by atoms with E-state index >= 15 is 0 Å². The maximum absolute atomic E-state index is 4.66. The van der Waals surface area contributed by atoms with E-state index in [1.54, 1.807) is 23.7 Å². The zero-order valence-corrected chi connectivity index (χ0v) is 13.0. The Kier molecular flexibility index (Phi) is 3.65. The third kappa shape index (κ3) is 2.89. The molecule has 0 fully saturated rings. The maximum Gasteiger partial charge on any atom is 0.180 e. The fourth-order valence-electron chi connectivity index (χ4n) is 2.32. The Morgan fingerprint density at radius 2 is 1.83 bits per heavy atom. The highest BCUT2D eigenvalue weighted by Crippen LogP contribution is 2.24. The summed E-state index contributed by atoms with van der Waals surface area (Å²) in [6.45, 7) is 0.639. The van der Waals surface area contributed by atoms with Crippen LogP contribution in [0.2, 0.25) is 0 Å². The molecule has 1 N–H and O–H groups in total. The van der Waals surface area contributed by atoms with E-state index in [9.17, 15) is 0 Å². The van der Waals surface area contributed by atoms with Gasteiger partial charge in [0.15, 0.2) is 5.82 Å². The first-order chi connectivity index (χ1) is 11.4. The molecular formula is C17H13N5S. The molecule has 5 nitrogen and oxygen atoms in total. The maximum atomic E-state index is 4.66. The molecule has 6 heteroatoms. The van der Waals surface area contributed by atoms with E-state index in [4.69, 9.17) is 0 Å². The van der Waals surface area contributed by atoms with E-state index < -0.39 is 0 Å². The predicted molar refractivity (Wildman–Crippen MR) is 92.2 cm³/mol. The number of benzene rings is 1. The Hall–Kier alpha value is -2.86. The molecule has 0 amide bonds. The van der Waals surface area contributed by atoms with Crippen molar-refractivity contribution in [2.24, 2.45) is 0 Å². The molecule has 3 heterocycles. The van der Waals surface area contributed by atoms with E-state index in [1.165, 1.54) is 0 Å². The van der Waals surface area contributed by atoms with Crippen LogP contribution in [0.25, 0.3) is 22.4 Å². The van der Waals surface area contributed by atoms with Crippen molar-refractivity contribution >= 4 is 28.1 Å². The standard InChI is InChI=1S/C17H13N5S/c1-2-6-13-12(5-1)16(20-11-15-19-9-10-23-15)22-17(21-13)14-7-3-4-8-18-14/h1-10H,11H2,(H,20,21,22). The van der Waals surface area contributed by atoms with E-state index in [0.29, 0.717) is 12.4 Å². The number of para-hydroxylation sites is 1. The number of hydrogen-bond donors (Lipinski definition) is 1. The SMILES string of the molecule is c1ccc(-c2nc(NCc3nccs3)c3ccccc3n2)nc1. The summed E-state index contributed by atoms with van der Waals surface area (Å²) in [6.07, 6.45) is 3.55. The van der Waals surface area contributed by atoms with Crippen molar-refractivity contribution < 1.29 is 0 Å². The van der Waals surface area contributed by atoms with Gasteiger partial charge in [-0.3, -0.25) is 4.98 Å². The van der Waals surface area contributed by atoms with Crippen molar-refractivity contribution in [1.82, 2.24) is 19.9 Å². The first kappa shape index (κ1) is 13.8. The second-order valence-electron chi connectivity index (χ2n) is 4.91. The molecule has 112 valence electrons. The molecule has 0 aliphatic heterocycles. The van der Waals surface area contributed by atoms with Gasteiger partial charge in [-0.2, -0.15) is 0 Å². The lowest BCUT2D eigenvalue weighted by molar-refractivity contribution is 1.07. The molecule has 1 aromatic carbocycles. The van der Waals surface area contributed by atoms with Gasteiger partial charge in [-0.05, 0) is 24.3 Å². The molecule has 4 rings (SSSR count). The molecule has 3 aromatic heterocycles. The fourth-order valence-corrected chi connectivity index (χ4v) is 2.88. The number of anilines is 1. The van der Waals surface area contributed by atoms with Crippen molar-refractivity contribution in [1.29, 1.82) is 0 Å². The topological polar surface area (TPSA) is 63.6 Å². The van der Waals surface area contributed by atoms with Crippen LogP contribution >= 0.6 is 11.3 Å². The number of hydrogen-bond acceptors (Lipinski definition) is 6. The normalized spacial score (nSPS) is 10.8. The Labute approximate surface area is 137 Å². The highest BCUT2D eigenvalue weighted by molar-refractivity contribution is 7.09. The molecule has 0 unspecified atom stereocenters. The largest absolute Gasteiger partial charge is 0.363 e. The van der Waals surface area contributed by atoms with Gasteiger partial charge < -0.3 is 5.32 Å². The van der Waals surface area contributed by atoms with Crippen LogP contribution in [-0.2, 0) is 6.54 Å². The van der Waals surface area contributed by atoms with Crippen molar-refractivity contribution in [3.05, 3.63) is 65.2 Å². The number of aromatic nitrogens is 4. The second-order valence-corrected chi connectivity index (χ2v) is 5.89. The third-order valence-electron chi connectivity index (χ3n) is 3.39. The molecule has 0 saturated carbocycles. The lowest BCUT2D eigenvalue weighted by Gasteiger charge is -2.09. The minimum atomic E-state index is 0.617. The molecule has 0 bridgehead atoms. The monoisotopic (exact) mass is 319 g/mol. The molecule has 0 atom stereocenters. The summed E-state index contributed by atoms with van der Waals surface area (Å²) in [7, 11) is 0. The van der Waals surface area contributed by atoms with Crippen LogP contribution in [0.1, 0.15) is 5.01 Å². The minimum Gasteiger partial charge on any atom is -0.363 e. The van der Waals surface area contributed by atoms with Crippen LogP contribution in [0, 0.1) is 0 Å². The van der Waals surface area contributed by atoms with Crippen LogP contribution in [0.4, 0.5) is 5.82 Å². The molecular weight excluding hydrogens is 306 g/mol. The summed E-state index contributed by atoms with van der Waals surface area (Å²) < 4.78 is 0. The Balaban J connectivity index is 1.77. The zero-order valence-electron chi connectivity index (χ0n) is 12.2. The number of pyridine rings is 1. The highest BCUT2D eigenvalue weighted by atomic mass is 32.1. The average molecular weight is 319 g/mol. The van der Waals surface area contributed by atoms with Gasteiger partial charge in [-0.1, -0.05) is 18.2 Å². The van der Waals surface area contributed by atoms with Gasteiger partial charge in [0.2, 0.25) is 0 Å². The molecule has 0 saturated heterocycles. The van der Waals surface area contributed by atoms with Crippen LogP contribution in [0.3, 0.4) is 0 Å². The number of nitrogens with one attached hydrogen (secondary N) is 1. The number of rotatable bonds is 4. The highest BCUT2D eigenvalue weighted by Gasteiger charge is 2.10. The van der Waals surface area contributed by atoms with E-state index in [1.807, 2.05) is 47.8 Å². The van der Waals surface area contributed by atoms with Crippen molar-refractivity contribution in [2.45, 2.75) is 6.54 Å². The number of thiazole rings is 1. The van der Waals surface area contributed by atoms with E-state index in [0.717, 1.165) is 27.4 Å². The van der Waals surface area contributed by atoms with Crippen molar-refractivity contribution in [2.75, 3.05) is 5.32 Å². The van der Waals surface area contributed by atoms with E-state index in [-0.39, 0.29) is 0 Å². The third-order valence-corrected chi connectivity index (χ3v) is 4.17. The molecule has 23 heavy (non-hydrogen) atoms. The molecule has 0 aliphatic rings. The van der Waals surface area contributed by atoms with Gasteiger partial charge in [0.1, 0.15) is 16.5 Å².